The van der Waals surface area contributed by atoms with Crippen LogP contribution in [-0.2, 0) is 6.42 Å². The maximum Gasteiger partial charge on any atom is 0.130 e. The van der Waals surface area contributed by atoms with Crippen LogP contribution in [0.4, 0.5) is 0 Å². The predicted octanol–water partition coefficient (Wildman–Crippen LogP) is 3.32. The molecule has 1 aliphatic carbocycles. The number of methoxy groups -OCH3 is 2. The summed E-state index contributed by atoms with van der Waals surface area (Å²) in [5, 5.41) is 0. The summed E-state index contributed by atoms with van der Waals surface area (Å²) in [6.45, 7) is 0. The Morgan fingerprint density at radius 1 is 1.05 bits per heavy atom. The predicted molar refractivity (Wildman–Crippen MR) is 80.2 cm³/mol. The number of benzene rings is 2. The number of ether oxygens (including phenoxy) is 2. The molecule has 2 aromatic rings. The van der Waals surface area contributed by atoms with Crippen LogP contribution in [0.2, 0.25) is 0 Å². The molecule has 1 aliphatic rings. The summed E-state index contributed by atoms with van der Waals surface area (Å²) in [6.07, 6.45) is 2.07. The molecule has 0 bridgehead atoms. The number of hydrogen-bond acceptors (Lipinski definition) is 3. The minimum atomic E-state index is 0.179. The van der Waals surface area contributed by atoms with Gasteiger partial charge in [0.2, 0.25) is 0 Å². The average Bonchev–Trinajstić information content (AvgIpc) is 2.87. The zero-order chi connectivity index (χ0) is 14.1. The van der Waals surface area contributed by atoms with E-state index in [1.54, 1.807) is 14.2 Å². The molecule has 2 aromatic carbocycles. The van der Waals surface area contributed by atoms with Crippen LogP contribution in [0.15, 0.2) is 36.4 Å². The summed E-state index contributed by atoms with van der Waals surface area (Å²) >= 11 is 0. The Morgan fingerprint density at radius 2 is 1.75 bits per heavy atom. The topological polar surface area (TPSA) is 44.5 Å². The molecule has 0 saturated carbocycles. The molecular weight excluding hydrogens is 250 g/mol. The molecule has 1 atom stereocenters. The molecule has 0 aliphatic heterocycles. The van der Waals surface area contributed by atoms with Crippen molar-refractivity contribution in [3.05, 3.63) is 47.5 Å². The lowest BCUT2D eigenvalue weighted by molar-refractivity contribution is 0.397. The van der Waals surface area contributed by atoms with E-state index in [1.165, 1.54) is 11.1 Å². The Labute approximate surface area is 119 Å². The van der Waals surface area contributed by atoms with E-state index < -0.39 is 0 Å². The molecular formula is C17H19NO2. The third-order valence-electron chi connectivity index (χ3n) is 3.98. The fraction of sp³-hybridized carbons (Fsp3) is 0.294. The van der Waals surface area contributed by atoms with E-state index in [0.717, 1.165) is 35.5 Å². The smallest absolute Gasteiger partial charge is 0.130 e. The molecule has 0 radical (unpaired) electrons. The van der Waals surface area contributed by atoms with E-state index in [0.29, 0.717) is 0 Å². The molecule has 1 unspecified atom stereocenters. The van der Waals surface area contributed by atoms with Crippen molar-refractivity contribution in [2.45, 2.75) is 18.9 Å². The lowest BCUT2D eigenvalue weighted by Gasteiger charge is -2.14. The van der Waals surface area contributed by atoms with Crippen LogP contribution in [0.25, 0.3) is 11.1 Å². The second-order valence-corrected chi connectivity index (χ2v) is 5.10. The second kappa shape index (κ2) is 5.17. The van der Waals surface area contributed by atoms with Crippen LogP contribution in [0.3, 0.4) is 0 Å². The van der Waals surface area contributed by atoms with Crippen molar-refractivity contribution in [3.63, 3.8) is 0 Å². The molecule has 3 rings (SSSR count). The van der Waals surface area contributed by atoms with Gasteiger partial charge < -0.3 is 15.2 Å². The summed E-state index contributed by atoms with van der Waals surface area (Å²) in [6, 6.07) is 12.5. The van der Waals surface area contributed by atoms with Gasteiger partial charge in [-0.2, -0.15) is 0 Å². The average molecular weight is 269 g/mol. The standard InChI is InChI=1S/C17H19NO2/c1-19-15-4-3-5-16(20-2)17(15)12-6-8-13-11(10-12)7-9-14(13)18/h3-6,8,10,14H,7,9,18H2,1-2H3. The van der Waals surface area contributed by atoms with E-state index in [1.807, 2.05) is 18.2 Å². The first-order valence-electron chi connectivity index (χ1n) is 6.84. The molecule has 2 N–H and O–H groups in total. The zero-order valence-corrected chi connectivity index (χ0v) is 11.8. The van der Waals surface area contributed by atoms with Crippen molar-refractivity contribution in [2.24, 2.45) is 5.73 Å². The van der Waals surface area contributed by atoms with Gasteiger partial charge in [-0.05, 0) is 41.7 Å². The van der Waals surface area contributed by atoms with Gasteiger partial charge in [0.05, 0.1) is 19.8 Å². The van der Waals surface area contributed by atoms with E-state index in [4.69, 9.17) is 15.2 Å². The lowest BCUT2D eigenvalue weighted by atomic mass is 9.98. The van der Waals surface area contributed by atoms with Crippen LogP contribution in [0.1, 0.15) is 23.6 Å². The number of fused-ring (bicyclic) bond motifs is 1. The SMILES string of the molecule is COc1cccc(OC)c1-c1ccc2c(c1)CCC2N. The maximum atomic E-state index is 6.10. The fourth-order valence-electron chi connectivity index (χ4n) is 2.94. The van der Waals surface area contributed by atoms with Gasteiger partial charge in [-0.1, -0.05) is 24.3 Å². The van der Waals surface area contributed by atoms with Gasteiger partial charge in [0.25, 0.3) is 0 Å². The summed E-state index contributed by atoms with van der Waals surface area (Å²) in [7, 11) is 3.36. The summed E-state index contributed by atoms with van der Waals surface area (Å²) in [5.74, 6) is 1.65. The van der Waals surface area contributed by atoms with Crippen molar-refractivity contribution in [1.82, 2.24) is 0 Å². The first kappa shape index (κ1) is 13.0. The lowest BCUT2D eigenvalue weighted by Crippen LogP contribution is -2.04. The summed E-state index contributed by atoms with van der Waals surface area (Å²) < 4.78 is 11.0. The Kier molecular flexibility index (Phi) is 3.36. The summed E-state index contributed by atoms with van der Waals surface area (Å²) in [4.78, 5) is 0. The van der Waals surface area contributed by atoms with Crippen LogP contribution in [0, 0.1) is 0 Å². The van der Waals surface area contributed by atoms with Crippen molar-refractivity contribution < 1.29 is 9.47 Å². The molecule has 3 nitrogen and oxygen atoms in total. The normalized spacial score (nSPS) is 16.9. The highest BCUT2D eigenvalue weighted by Gasteiger charge is 2.20. The molecule has 0 saturated heterocycles. The Hall–Kier alpha value is -2.00. The third kappa shape index (κ3) is 2.04. The highest BCUT2D eigenvalue weighted by atomic mass is 16.5. The molecule has 0 spiro atoms. The molecule has 0 fully saturated rings. The zero-order valence-electron chi connectivity index (χ0n) is 11.8. The third-order valence-corrected chi connectivity index (χ3v) is 3.98. The molecule has 3 heteroatoms. The van der Waals surface area contributed by atoms with Gasteiger partial charge in [0.15, 0.2) is 0 Å². The number of hydrogen-bond donors (Lipinski definition) is 1. The Bertz CT molecular complexity index is 615. The first-order valence-corrected chi connectivity index (χ1v) is 6.84. The summed E-state index contributed by atoms with van der Waals surface area (Å²) in [5.41, 5.74) is 10.8. The van der Waals surface area contributed by atoms with E-state index in [9.17, 15) is 0 Å². The Balaban J connectivity index is 2.14. The van der Waals surface area contributed by atoms with Gasteiger partial charge in [-0.15, -0.1) is 0 Å². The first-order chi connectivity index (χ1) is 9.74. The van der Waals surface area contributed by atoms with Crippen molar-refractivity contribution in [3.8, 4) is 22.6 Å². The largest absolute Gasteiger partial charge is 0.496 e. The molecule has 0 aromatic heterocycles. The number of nitrogens with two attached hydrogens (primary N) is 1. The highest BCUT2D eigenvalue weighted by molar-refractivity contribution is 5.77. The minimum absolute atomic E-state index is 0.179. The fourth-order valence-corrected chi connectivity index (χ4v) is 2.94. The van der Waals surface area contributed by atoms with Crippen LogP contribution in [0.5, 0.6) is 11.5 Å². The van der Waals surface area contributed by atoms with Crippen molar-refractivity contribution >= 4 is 0 Å². The molecule has 0 heterocycles. The maximum absolute atomic E-state index is 6.10. The highest BCUT2D eigenvalue weighted by Crippen LogP contribution is 2.40. The van der Waals surface area contributed by atoms with Gasteiger partial charge in [0.1, 0.15) is 11.5 Å². The monoisotopic (exact) mass is 269 g/mol. The molecule has 0 amide bonds. The number of aryl methyl sites for hydroxylation is 1. The Morgan fingerprint density at radius 3 is 2.40 bits per heavy atom. The van der Waals surface area contributed by atoms with Crippen LogP contribution >= 0.6 is 0 Å². The van der Waals surface area contributed by atoms with Gasteiger partial charge in [0, 0.05) is 6.04 Å². The van der Waals surface area contributed by atoms with Crippen molar-refractivity contribution in [2.75, 3.05) is 14.2 Å². The van der Waals surface area contributed by atoms with E-state index >= 15 is 0 Å². The quantitative estimate of drug-likeness (QED) is 0.929. The van der Waals surface area contributed by atoms with Gasteiger partial charge >= 0.3 is 0 Å². The molecule has 20 heavy (non-hydrogen) atoms. The van der Waals surface area contributed by atoms with E-state index in [2.05, 4.69) is 18.2 Å². The van der Waals surface area contributed by atoms with Crippen molar-refractivity contribution in [1.29, 1.82) is 0 Å². The number of rotatable bonds is 3. The minimum Gasteiger partial charge on any atom is -0.496 e. The molecule has 104 valence electrons. The van der Waals surface area contributed by atoms with Crippen LogP contribution in [-0.4, -0.2) is 14.2 Å². The van der Waals surface area contributed by atoms with Gasteiger partial charge in [-0.3, -0.25) is 0 Å². The van der Waals surface area contributed by atoms with E-state index in [-0.39, 0.29) is 6.04 Å². The second-order valence-electron chi connectivity index (χ2n) is 5.10. The van der Waals surface area contributed by atoms with Gasteiger partial charge in [-0.25, -0.2) is 0 Å². The van der Waals surface area contributed by atoms with Crippen LogP contribution < -0.4 is 15.2 Å².